The first-order valence-corrected chi connectivity index (χ1v) is 6.75. The molecule has 2 rings (SSSR count). The van der Waals surface area contributed by atoms with E-state index in [1.54, 1.807) is 0 Å². The van der Waals surface area contributed by atoms with Crippen molar-refractivity contribution < 1.29 is 9.59 Å². The molecule has 0 unspecified atom stereocenters. The summed E-state index contributed by atoms with van der Waals surface area (Å²) in [5, 5.41) is 8.35. The molecular formula is C14H20N4O2. The molecule has 108 valence electrons. The predicted octanol–water partition coefficient (Wildman–Crippen LogP) is 0.693. The van der Waals surface area contributed by atoms with E-state index in [4.69, 9.17) is 5.73 Å². The van der Waals surface area contributed by atoms with Gasteiger partial charge in [0, 0.05) is 18.8 Å². The third kappa shape index (κ3) is 3.63. The lowest BCUT2D eigenvalue weighted by Crippen LogP contribution is -2.42. The maximum atomic E-state index is 11.8. The van der Waals surface area contributed by atoms with Gasteiger partial charge in [0.15, 0.2) is 0 Å². The van der Waals surface area contributed by atoms with E-state index in [1.807, 2.05) is 24.3 Å². The average Bonchev–Trinajstić information content (AvgIpc) is 3.20. The standard InChI is InChI=1S/C14H20N4O2/c15-12-4-2-11(3-5-12)14(6-7-14)18-13(20)17-9-1-8-16-10-19/h2-5,10H,1,6-9,15H2,(H,16,19)(H2,17,18,20). The highest BCUT2D eigenvalue weighted by molar-refractivity contribution is 5.75. The van der Waals surface area contributed by atoms with Crippen LogP contribution in [0.15, 0.2) is 24.3 Å². The summed E-state index contributed by atoms with van der Waals surface area (Å²) >= 11 is 0. The number of nitrogens with two attached hydrogens (primary N) is 1. The number of hydrogen-bond donors (Lipinski definition) is 4. The Labute approximate surface area is 118 Å². The normalized spacial score (nSPS) is 15.2. The molecule has 0 aliphatic heterocycles. The van der Waals surface area contributed by atoms with Crippen molar-refractivity contribution in [3.8, 4) is 0 Å². The summed E-state index contributed by atoms with van der Waals surface area (Å²) in [5.41, 5.74) is 7.24. The SMILES string of the molecule is Nc1ccc(C2(NC(=O)NCCCNC=O)CC2)cc1. The Morgan fingerprint density at radius 1 is 1.25 bits per heavy atom. The molecule has 0 saturated heterocycles. The van der Waals surface area contributed by atoms with Crippen LogP contribution in [0, 0.1) is 0 Å². The van der Waals surface area contributed by atoms with Crippen LogP contribution in [-0.4, -0.2) is 25.5 Å². The van der Waals surface area contributed by atoms with Gasteiger partial charge < -0.3 is 21.7 Å². The van der Waals surface area contributed by atoms with Crippen LogP contribution in [0.25, 0.3) is 0 Å². The maximum absolute atomic E-state index is 11.8. The predicted molar refractivity (Wildman–Crippen MR) is 77.0 cm³/mol. The van der Waals surface area contributed by atoms with E-state index in [0.29, 0.717) is 25.9 Å². The Hall–Kier alpha value is -2.24. The second kappa shape index (κ2) is 6.27. The highest BCUT2D eigenvalue weighted by atomic mass is 16.2. The third-order valence-electron chi connectivity index (χ3n) is 3.43. The zero-order chi connectivity index (χ0) is 14.4. The first-order valence-electron chi connectivity index (χ1n) is 6.75. The fourth-order valence-corrected chi connectivity index (χ4v) is 2.13. The number of anilines is 1. The average molecular weight is 276 g/mol. The fraction of sp³-hybridized carbons (Fsp3) is 0.429. The Bertz CT molecular complexity index is 469. The molecule has 5 N–H and O–H groups in total. The molecule has 1 aliphatic carbocycles. The molecule has 1 aliphatic rings. The van der Waals surface area contributed by atoms with Crippen LogP contribution in [0.1, 0.15) is 24.8 Å². The molecule has 1 saturated carbocycles. The molecule has 0 bridgehead atoms. The van der Waals surface area contributed by atoms with Crippen molar-refractivity contribution in [3.63, 3.8) is 0 Å². The summed E-state index contributed by atoms with van der Waals surface area (Å²) in [6, 6.07) is 7.43. The first-order chi connectivity index (χ1) is 9.66. The van der Waals surface area contributed by atoms with E-state index in [9.17, 15) is 9.59 Å². The molecule has 20 heavy (non-hydrogen) atoms. The summed E-state index contributed by atoms with van der Waals surface area (Å²) in [4.78, 5) is 21.9. The number of nitrogen functional groups attached to an aromatic ring is 1. The molecular weight excluding hydrogens is 256 g/mol. The molecule has 0 atom stereocenters. The van der Waals surface area contributed by atoms with Gasteiger partial charge in [-0.15, -0.1) is 0 Å². The maximum Gasteiger partial charge on any atom is 0.315 e. The molecule has 6 nitrogen and oxygen atoms in total. The minimum atomic E-state index is -0.237. The van der Waals surface area contributed by atoms with E-state index in [-0.39, 0.29) is 11.6 Å². The molecule has 0 heterocycles. The van der Waals surface area contributed by atoms with Crippen molar-refractivity contribution in [2.24, 2.45) is 0 Å². The highest BCUT2D eigenvalue weighted by Gasteiger charge is 2.45. The van der Waals surface area contributed by atoms with Gasteiger partial charge in [-0.2, -0.15) is 0 Å². The number of rotatable bonds is 7. The summed E-state index contributed by atoms with van der Waals surface area (Å²) < 4.78 is 0. The van der Waals surface area contributed by atoms with Crippen LogP contribution in [0.5, 0.6) is 0 Å². The number of carbonyl (C=O) groups excluding carboxylic acids is 2. The van der Waals surface area contributed by atoms with Crippen LogP contribution in [-0.2, 0) is 10.3 Å². The molecule has 6 heteroatoms. The topological polar surface area (TPSA) is 96.2 Å². The van der Waals surface area contributed by atoms with Gasteiger partial charge in [-0.05, 0) is 37.0 Å². The molecule has 0 aromatic heterocycles. The molecule has 0 radical (unpaired) electrons. The van der Waals surface area contributed by atoms with E-state index in [2.05, 4.69) is 16.0 Å². The molecule has 1 aromatic carbocycles. The van der Waals surface area contributed by atoms with Crippen molar-refractivity contribution in [1.82, 2.24) is 16.0 Å². The first kappa shape index (κ1) is 14.2. The van der Waals surface area contributed by atoms with Crippen LogP contribution in [0.3, 0.4) is 0 Å². The quantitative estimate of drug-likeness (QED) is 0.335. The second-order valence-corrected chi connectivity index (χ2v) is 5.01. The Morgan fingerprint density at radius 3 is 2.55 bits per heavy atom. The van der Waals surface area contributed by atoms with Crippen molar-refractivity contribution in [2.75, 3.05) is 18.8 Å². The molecule has 1 aromatic rings. The Balaban J connectivity index is 1.79. The minimum Gasteiger partial charge on any atom is -0.399 e. The summed E-state index contributed by atoms with van der Waals surface area (Å²) in [6.45, 7) is 1.09. The highest BCUT2D eigenvalue weighted by Crippen LogP contribution is 2.45. The number of hydrogen-bond acceptors (Lipinski definition) is 3. The number of amides is 3. The summed E-state index contributed by atoms with van der Waals surface area (Å²) in [7, 11) is 0. The van der Waals surface area contributed by atoms with Crippen LogP contribution in [0.2, 0.25) is 0 Å². The lowest BCUT2D eigenvalue weighted by Gasteiger charge is -2.18. The van der Waals surface area contributed by atoms with E-state index < -0.39 is 0 Å². The molecule has 0 spiro atoms. The van der Waals surface area contributed by atoms with E-state index >= 15 is 0 Å². The van der Waals surface area contributed by atoms with Crippen LogP contribution >= 0.6 is 0 Å². The van der Waals surface area contributed by atoms with Gasteiger partial charge >= 0.3 is 6.03 Å². The fourth-order valence-electron chi connectivity index (χ4n) is 2.13. The van der Waals surface area contributed by atoms with Crippen LogP contribution < -0.4 is 21.7 Å². The zero-order valence-corrected chi connectivity index (χ0v) is 11.3. The van der Waals surface area contributed by atoms with Gasteiger partial charge in [-0.25, -0.2) is 4.79 Å². The monoisotopic (exact) mass is 276 g/mol. The molecule has 1 fully saturated rings. The third-order valence-corrected chi connectivity index (χ3v) is 3.43. The second-order valence-electron chi connectivity index (χ2n) is 5.01. The number of carbonyl (C=O) groups is 2. The summed E-state index contributed by atoms with van der Waals surface area (Å²) in [6.07, 6.45) is 3.25. The minimum absolute atomic E-state index is 0.176. The van der Waals surface area contributed by atoms with Gasteiger partial charge in [0.2, 0.25) is 6.41 Å². The van der Waals surface area contributed by atoms with E-state index in [0.717, 1.165) is 24.1 Å². The van der Waals surface area contributed by atoms with Crippen molar-refractivity contribution >= 4 is 18.1 Å². The zero-order valence-electron chi connectivity index (χ0n) is 11.3. The van der Waals surface area contributed by atoms with Crippen molar-refractivity contribution in [3.05, 3.63) is 29.8 Å². The van der Waals surface area contributed by atoms with Crippen LogP contribution in [0.4, 0.5) is 10.5 Å². The number of nitrogens with one attached hydrogen (secondary N) is 3. The van der Waals surface area contributed by atoms with Gasteiger partial charge in [0.1, 0.15) is 0 Å². The number of benzene rings is 1. The Morgan fingerprint density at radius 2 is 1.95 bits per heavy atom. The van der Waals surface area contributed by atoms with Gasteiger partial charge in [0.05, 0.1) is 5.54 Å². The lowest BCUT2D eigenvalue weighted by atomic mass is 10.0. The smallest absolute Gasteiger partial charge is 0.315 e. The molecule has 3 amide bonds. The van der Waals surface area contributed by atoms with E-state index in [1.165, 1.54) is 0 Å². The van der Waals surface area contributed by atoms with Crippen molar-refractivity contribution in [1.29, 1.82) is 0 Å². The summed E-state index contributed by atoms with van der Waals surface area (Å²) in [5.74, 6) is 0. The van der Waals surface area contributed by atoms with Crippen molar-refractivity contribution in [2.45, 2.75) is 24.8 Å². The lowest BCUT2D eigenvalue weighted by molar-refractivity contribution is -0.109. The number of urea groups is 1. The van der Waals surface area contributed by atoms with Gasteiger partial charge in [0.25, 0.3) is 0 Å². The van der Waals surface area contributed by atoms with Gasteiger partial charge in [-0.1, -0.05) is 12.1 Å². The largest absolute Gasteiger partial charge is 0.399 e. The van der Waals surface area contributed by atoms with Gasteiger partial charge in [-0.3, -0.25) is 4.79 Å². The Kier molecular flexibility index (Phi) is 4.45.